The molecule has 1 amide bonds. The lowest BCUT2D eigenvalue weighted by Crippen LogP contribution is -2.45. The summed E-state index contributed by atoms with van der Waals surface area (Å²) in [6, 6.07) is 10.6. The Kier molecular flexibility index (Phi) is 5.19. The van der Waals surface area contributed by atoms with Crippen molar-refractivity contribution in [1.82, 2.24) is 10.3 Å². The van der Waals surface area contributed by atoms with E-state index < -0.39 is 0 Å². The van der Waals surface area contributed by atoms with E-state index in [1.807, 2.05) is 6.07 Å². The molecule has 2 aromatic rings. The van der Waals surface area contributed by atoms with Gasteiger partial charge < -0.3 is 14.5 Å². The first-order valence-electron chi connectivity index (χ1n) is 9.23. The van der Waals surface area contributed by atoms with Gasteiger partial charge in [0.2, 0.25) is 5.76 Å². The Bertz CT molecular complexity index is 767. The minimum Gasteiger partial charge on any atom is -0.436 e. The van der Waals surface area contributed by atoms with Gasteiger partial charge in [-0.25, -0.2) is 4.98 Å². The summed E-state index contributed by atoms with van der Waals surface area (Å²) in [6.45, 7) is 9.14. The first kappa shape index (κ1) is 18.6. The Hall–Kier alpha value is -2.14. The summed E-state index contributed by atoms with van der Waals surface area (Å²) in [5, 5.41) is 3.01. The van der Waals surface area contributed by atoms with E-state index in [1.54, 1.807) is 13.8 Å². The monoisotopic (exact) mass is 356 g/mol. The molecule has 1 aromatic heterocycles. The molecule has 5 heteroatoms. The fraction of sp³-hybridized carbons (Fsp3) is 0.524. The number of carbonyl (C=O) groups excluding carboxylic acids is 1. The van der Waals surface area contributed by atoms with Gasteiger partial charge in [0.15, 0.2) is 5.89 Å². The summed E-state index contributed by atoms with van der Waals surface area (Å²) in [4.78, 5) is 16.6. The van der Waals surface area contributed by atoms with Crippen LogP contribution in [0.3, 0.4) is 0 Å². The molecule has 2 heterocycles. The molecule has 0 spiro atoms. The van der Waals surface area contributed by atoms with Crippen LogP contribution in [0.2, 0.25) is 0 Å². The molecule has 5 nitrogen and oxygen atoms in total. The van der Waals surface area contributed by atoms with Crippen LogP contribution in [0.4, 0.5) is 0 Å². The van der Waals surface area contributed by atoms with Gasteiger partial charge in [-0.2, -0.15) is 0 Å². The number of benzene rings is 1. The third-order valence-corrected chi connectivity index (χ3v) is 5.22. The zero-order valence-electron chi connectivity index (χ0n) is 16.1. The maximum Gasteiger partial charge on any atom is 0.289 e. The standard InChI is InChI=1S/C21H28N2O3/c1-15-18(26-16(2)23-15)19(24)22-12-10-21(17-8-6-5-7-9-17)11-13-25-20(3,4)14-21/h5-9H,10-14H2,1-4H3,(H,22,24)/t21-/m1/s1. The van der Waals surface area contributed by atoms with Gasteiger partial charge in [0.1, 0.15) is 0 Å². The molecule has 0 aliphatic carbocycles. The van der Waals surface area contributed by atoms with Crippen LogP contribution in [-0.4, -0.2) is 29.6 Å². The second-order valence-electron chi connectivity index (χ2n) is 7.83. The SMILES string of the molecule is Cc1nc(C)c(C(=O)NCC[C@@]2(c3ccccc3)CCOC(C)(C)C2)o1. The third-order valence-electron chi connectivity index (χ3n) is 5.22. The lowest BCUT2D eigenvalue weighted by atomic mass is 9.67. The number of oxazole rings is 1. The molecule has 140 valence electrons. The highest BCUT2D eigenvalue weighted by Crippen LogP contribution is 2.43. The van der Waals surface area contributed by atoms with Crippen LogP contribution in [-0.2, 0) is 10.2 Å². The van der Waals surface area contributed by atoms with Gasteiger partial charge in [-0.15, -0.1) is 0 Å². The third kappa shape index (κ3) is 3.98. The predicted octanol–water partition coefficient (Wildman–Crippen LogP) is 3.94. The normalized spacial score (nSPS) is 22.2. The molecular weight excluding hydrogens is 328 g/mol. The maximum absolute atomic E-state index is 12.4. The van der Waals surface area contributed by atoms with Crippen LogP contribution in [0.1, 0.15) is 60.8 Å². The number of aromatic nitrogens is 1. The molecule has 0 radical (unpaired) electrons. The molecule has 1 aromatic carbocycles. The van der Waals surface area contributed by atoms with E-state index in [9.17, 15) is 4.79 Å². The molecule has 1 aliphatic heterocycles. The Morgan fingerprint density at radius 1 is 1.23 bits per heavy atom. The Morgan fingerprint density at radius 3 is 2.58 bits per heavy atom. The highest BCUT2D eigenvalue weighted by molar-refractivity contribution is 5.92. The number of amides is 1. The smallest absolute Gasteiger partial charge is 0.289 e. The molecule has 3 rings (SSSR count). The summed E-state index contributed by atoms with van der Waals surface area (Å²) in [7, 11) is 0. The van der Waals surface area contributed by atoms with Crippen molar-refractivity contribution in [1.29, 1.82) is 0 Å². The Labute approximate surface area is 155 Å². The van der Waals surface area contributed by atoms with E-state index in [1.165, 1.54) is 5.56 Å². The van der Waals surface area contributed by atoms with E-state index in [-0.39, 0.29) is 16.9 Å². The van der Waals surface area contributed by atoms with Gasteiger partial charge in [0, 0.05) is 25.5 Å². The fourth-order valence-corrected chi connectivity index (χ4v) is 4.11. The molecular formula is C21H28N2O3. The van der Waals surface area contributed by atoms with E-state index in [4.69, 9.17) is 9.15 Å². The van der Waals surface area contributed by atoms with Crippen LogP contribution in [0.5, 0.6) is 0 Å². The molecule has 1 atom stereocenters. The zero-order chi connectivity index (χ0) is 18.8. The van der Waals surface area contributed by atoms with Crippen molar-refractivity contribution in [3.63, 3.8) is 0 Å². The Balaban J connectivity index is 1.73. The number of ether oxygens (including phenoxy) is 1. The highest BCUT2D eigenvalue weighted by Gasteiger charge is 2.41. The minimum absolute atomic E-state index is 0.00264. The quantitative estimate of drug-likeness (QED) is 0.881. The molecule has 1 aliphatic rings. The first-order valence-corrected chi connectivity index (χ1v) is 9.23. The van der Waals surface area contributed by atoms with Gasteiger partial charge in [-0.3, -0.25) is 4.79 Å². The van der Waals surface area contributed by atoms with Crippen molar-refractivity contribution in [2.24, 2.45) is 0 Å². The van der Waals surface area contributed by atoms with Crippen molar-refractivity contribution in [2.45, 2.75) is 58.0 Å². The van der Waals surface area contributed by atoms with Crippen LogP contribution in [0.25, 0.3) is 0 Å². The van der Waals surface area contributed by atoms with Crippen LogP contribution in [0, 0.1) is 13.8 Å². The van der Waals surface area contributed by atoms with Gasteiger partial charge in [0.05, 0.1) is 11.3 Å². The highest BCUT2D eigenvalue weighted by atomic mass is 16.5. The molecule has 0 bridgehead atoms. The van der Waals surface area contributed by atoms with E-state index in [2.05, 4.69) is 48.4 Å². The number of nitrogens with one attached hydrogen (secondary N) is 1. The largest absolute Gasteiger partial charge is 0.436 e. The van der Waals surface area contributed by atoms with Crippen LogP contribution >= 0.6 is 0 Å². The minimum atomic E-state index is -0.197. The number of hydrogen-bond donors (Lipinski definition) is 1. The van der Waals surface area contributed by atoms with Gasteiger partial charge in [-0.1, -0.05) is 30.3 Å². The second-order valence-corrected chi connectivity index (χ2v) is 7.83. The van der Waals surface area contributed by atoms with Crippen molar-refractivity contribution >= 4 is 5.91 Å². The topological polar surface area (TPSA) is 64.4 Å². The first-order chi connectivity index (χ1) is 12.3. The number of nitrogens with zero attached hydrogens (tertiary/aromatic N) is 1. The van der Waals surface area contributed by atoms with Gasteiger partial charge >= 0.3 is 0 Å². The zero-order valence-corrected chi connectivity index (χ0v) is 16.1. The summed E-state index contributed by atoms with van der Waals surface area (Å²) in [5.41, 5.74) is 1.78. The Morgan fingerprint density at radius 2 is 1.96 bits per heavy atom. The molecule has 26 heavy (non-hydrogen) atoms. The lowest BCUT2D eigenvalue weighted by molar-refractivity contribution is -0.0838. The molecule has 1 fully saturated rings. The van der Waals surface area contributed by atoms with E-state index >= 15 is 0 Å². The lowest BCUT2D eigenvalue weighted by Gasteiger charge is -2.45. The summed E-state index contributed by atoms with van der Waals surface area (Å²) < 4.78 is 11.4. The fourth-order valence-electron chi connectivity index (χ4n) is 4.11. The average molecular weight is 356 g/mol. The van der Waals surface area contributed by atoms with Crippen molar-refractivity contribution < 1.29 is 13.9 Å². The predicted molar refractivity (Wildman–Crippen MR) is 100 cm³/mol. The maximum atomic E-state index is 12.4. The van der Waals surface area contributed by atoms with Gasteiger partial charge in [-0.05, 0) is 45.6 Å². The summed E-state index contributed by atoms with van der Waals surface area (Å²) >= 11 is 0. The van der Waals surface area contributed by atoms with Gasteiger partial charge in [0.25, 0.3) is 5.91 Å². The van der Waals surface area contributed by atoms with Crippen LogP contribution < -0.4 is 5.32 Å². The molecule has 1 saturated heterocycles. The van der Waals surface area contributed by atoms with Crippen molar-refractivity contribution in [3.8, 4) is 0 Å². The molecule has 0 saturated carbocycles. The van der Waals surface area contributed by atoms with E-state index in [0.29, 0.717) is 23.9 Å². The van der Waals surface area contributed by atoms with E-state index in [0.717, 1.165) is 25.9 Å². The number of rotatable bonds is 5. The summed E-state index contributed by atoms with van der Waals surface area (Å²) in [6.07, 6.45) is 2.75. The molecule has 0 unspecified atom stereocenters. The van der Waals surface area contributed by atoms with Crippen molar-refractivity contribution in [3.05, 3.63) is 53.2 Å². The average Bonchev–Trinajstić information content (AvgIpc) is 2.93. The number of hydrogen-bond acceptors (Lipinski definition) is 4. The van der Waals surface area contributed by atoms with Crippen molar-refractivity contribution in [2.75, 3.05) is 13.2 Å². The number of aryl methyl sites for hydroxylation is 2. The second kappa shape index (κ2) is 7.23. The van der Waals surface area contributed by atoms with Crippen LogP contribution in [0.15, 0.2) is 34.7 Å². The number of carbonyl (C=O) groups is 1. The summed E-state index contributed by atoms with van der Waals surface area (Å²) in [5.74, 6) is 0.626. The molecule has 1 N–H and O–H groups in total.